The van der Waals surface area contributed by atoms with Gasteiger partial charge in [0, 0.05) is 43.9 Å². The first-order chi connectivity index (χ1) is 11.2. The molecule has 0 radical (unpaired) electrons. The van der Waals surface area contributed by atoms with Crippen LogP contribution in [0.5, 0.6) is 0 Å². The second-order valence-electron chi connectivity index (χ2n) is 6.75. The molecule has 23 heavy (non-hydrogen) atoms. The zero-order valence-corrected chi connectivity index (χ0v) is 13.8. The highest BCUT2D eigenvalue weighted by Gasteiger charge is 2.34. The van der Waals surface area contributed by atoms with Crippen molar-refractivity contribution in [3.05, 3.63) is 54.6 Å². The Kier molecular flexibility index (Phi) is 4.79. The number of carbonyl (C=O) groups is 1. The normalized spacial score (nSPS) is 21.3. The van der Waals surface area contributed by atoms with Gasteiger partial charge < -0.3 is 9.47 Å². The maximum Gasteiger partial charge on any atom is 0.222 e. The Morgan fingerprint density at radius 1 is 1.30 bits per heavy atom. The maximum atomic E-state index is 12.5. The Bertz CT molecular complexity index is 623. The van der Waals surface area contributed by atoms with Gasteiger partial charge in [-0.2, -0.15) is 0 Å². The number of aryl methyl sites for hydroxylation is 1. The van der Waals surface area contributed by atoms with E-state index in [1.54, 1.807) is 12.5 Å². The van der Waals surface area contributed by atoms with Crippen LogP contribution in [0.15, 0.2) is 49.1 Å². The minimum Gasteiger partial charge on any atom is -0.342 e. The highest BCUT2D eigenvalue weighted by Crippen LogP contribution is 2.33. The summed E-state index contributed by atoms with van der Waals surface area (Å²) in [7, 11) is 0. The Balaban J connectivity index is 1.56. The molecule has 2 aromatic rings. The van der Waals surface area contributed by atoms with Crippen LogP contribution in [0, 0.1) is 0 Å². The van der Waals surface area contributed by atoms with Gasteiger partial charge in [-0.1, -0.05) is 37.3 Å². The lowest BCUT2D eigenvalue weighted by molar-refractivity contribution is -0.133. The van der Waals surface area contributed by atoms with Gasteiger partial charge in [-0.15, -0.1) is 0 Å². The van der Waals surface area contributed by atoms with Gasteiger partial charge in [0.05, 0.1) is 6.33 Å². The number of rotatable bonds is 5. The molecule has 0 N–H and O–H groups in total. The van der Waals surface area contributed by atoms with Crippen LogP contribution in [-0.4, -0.2) is 33.4 Å². The third-order valence-corrected chi connectivity index (χ3v) is 4.89. The fraction of sp³-hybridized carbons (Fsp3) is 0.474. The third-order valence-electron chi connectivity index (χ3n) is 4.89. The molecular formula is C19H25N3O. The first-order valence-corrected chi connectivity index (χ1v) is 8.46. The second kappa shape index (κ2) is 6.99. The van der Waals surface area contributed by atoms with Crippen molar-refractivity contribution >= 4 is 5.91 Å². The number of hydrogen-bond donors (Lipinski definition) is 0. The largest absolute Gasteiger partial charge is 0.342 e. The van der Waals surface area contributed by atoms with Gasteiger partial charge in [-0.05, 0) is 24.8 Å². The molecular weight excluding hydrogens is 286 g/mol. The predicted octanol–water partition coefficient (Wildman–Crippen LogP) is 3.24. The Morgan fingerprint density at radius 2 is 2.13 bits per heavy atom. The highest BCUT2D eigenvalue weighted by atomic mass is 16.2. The molecule has 0 aliphatic carbocycles. The van der Waals surface area contributed by atoms with Crippen LogP contribution in [0.3, 0.4) is 0 Å². The molecule has 0 unspecified atom stereocenters. The van der Waals surface area contributed by atoms with Crippen molar-refractivity contribution in [1.29, 1.82) is 0 Å². The molecule has 3 rings (SSSR count). The fourth-order valence-electron chi connectivity index (χ4n) is 3.52. The quantitative estimate of drug-likeness (QED) is 0.850. The summed E-state index contributed by atoms with van der Waals surface area (Å²) in [5, 5.41) is 0. The van der Waals surface area contributed by atoms with Crippen molar-refractivity contribution in [1.82, 2.24) is 14.5 Å². The monoisotopic (exact) mass is 311 g/mol. The topological polar surface area (TPSA) is 38.1 Å². The van der Waals surface area contributed by atoms with Crippen LogP contribution in [0.4, 0.5) is 0 Å². The van der Waals surface area contributed by atoms with Crippen LogP contribution in [-0.2, 0) is 16.8 Å². The minimum atomic E-state index is 0.0829. The van der Waals surface area contributed by atoms with E-state index in [2.05, 4.69) is 47.1 Å². The molecule has 4 nitrogen and oxygen atoms in total. The lowest BCUT2D eigenvalue weighted by Crippen LogP contribution is -2.47. The molecule has 0 saturated carbocycles. The molecule has 1 aliphatic rings. The van der Waals surface area contributed by atoms with Crippen LogP contribution < -0.4 is 0 Å². The Morgan fingerprint density at radius 3 is 2.87 bits per heavy atom. The molecule has 0 bridgehead atoms. The summed E-state index contributed by atoms with van der Waals surface area (Å²) in [6.07, 6.45) is 9.23. The minimum absolute atomic E-state index is 0.0829. The van der Waals surface area contributed by atoms with Crippen molar-refractivity contribution in [2.24, 2.45) is 0 Å². The number of carbonyl (C=O) groups excluding carboxylic acids is 1. The van der Waals surface area contributed by atoms with Crippen molar-refractivity contribution in [3.8, 4) is 0 Å². The maximum absolute atomic E-state index is 12.5. The van der Waals surface area contributed by atoms with E-state index in [1.807, 2.05) is 10.8 Å². The first-order valence-electron chi connectivity index (χ1n) is 8.46. The number of piperidine rings is 1. The van der Waals surface area contributed by atoms with Gasteiger partial charge in [0.2, 0.25) is 5.91 Å². The number of nitrogens with zero attached hydrogens (tertiary/aromatic N) is 3. The van der Waals surface area contributed by atoms with E-state index in [-0.39, 0.29) is 11.3 Å². The molecule has 2 heterocycles. The van der Waals surface area contributed by atoms with Crippen LogP contribution in [0.1, 0.15) is 38.2 Å². The molecule has 1 amide bonds. The Hall–Kier alpha value is -2.10. The molecule has 0 spiro atoms. The SMILES string of the molecule is C[C@]1(c2ccccc2)CCCN(C(=O)CCCn2ccnc2)C1. The zero-order valence-electron chi connectivity index (χ0n) is 13.8. The average molecular weight is 311 g/mol. The van der Waals surface area contributed by atoms with Crippen molar-refractivity contribution in [2.45, 2.75) is 44.6 Å². The second-order valence-corrected chi connectivity index (χ2v) is 6.75. The predicted molar refractivity (Wildman–Crippen MR) is 91.1 cm³/mol. The zero-order chi connectivity index (χ0) is 16.1. The lowest BCUT2D eigenvalue weighted by Gasteiger charge is -2.41. The van der Waals surface area contributed by atoms with Gasteiger partial charge >= 0.3 is 0 Å². The van der Waals surface area contributed by atoms with Gasteiger partial charge in [0.15, 0.2) is 0 Å². The summed E-state index contributed by atoms with van der Waals surface area (Å²) in [6.45, 7) is 4.87. The van der Waals surface area contributed by atoms with Crippen molar-refractivity contribution in [2.75, 3.05) is 13.1 Å². The summed E-state index contributed by atoms with van der Waals surface area (Å²) in [4.78, 5) is 18.6. The Labute approximate surface area is 138 Å². The van der Waals surface area contributed by atoms with Crippen molar-refractivity contribution < 1.29 is 4.79 Å². The summed E-state index contributed by atoms with van der Waals surface area (Å²) in [5.41, 5.74) is 1.43. The van der Waals surface area contributed by atoms with E-state index >= 15 is 0 Å². The summed E-state index contributed by atoms with van der Waals surface area (Å²) in [6, 6.07) is 10.6. The number of benzene rings is 1. The molecule has 1 aromatic heterocycles. The van der Waals surface area contributed by atoms with E-state index in [0.717, 1.165) is 38.9 Å². The van der Waals surface area contributed by atoms with E-state index in [4.69, 9.17) is 0 Å². The molecule has 1 fully saturated rings. The molecule has 1 aliphatic heterocycles. The fourth-order valence-corrected chi connectivity index (χ4v) is 3.52. The standard InChI is InChI=1S/C19H25N3O/c1-19(17-7-3-2-4-8-17)10-6-13-22(15-19)18(23)9-5-12-21-14-11-20-16-21/h2-4,7-8,11,14,16H,5-6,9-10,12-13,15H2,1H3/t19-/m0/s1. The van der Waals surface area contributed by atoms with Gasteiger partial charge in [-0.3, -0.25) is 4.79 Å². The summed E-state index contributed by atoms with van der Waals surface area (Å²) >= 11 is 0. The van der Waals surface area contributed by atoms with E-state index < -0.39 is 0 Å². The number of amides is 1. The third kappa shape index (κ3) is 3.81. The molecule has 1 aromatic carbocycles. The smallest absolute Gasteiger partial charge is 0.222 e. The molecule has 1 saturated heterocycles. The van der Waals surface area contributed by atoms with Gasteiger partial charge in [-0.25, -0.2) is 4.98 Å². The first kappa shape index (κ1) is 15.8. The highest BCUT2D eigenvalue weighted by molar-refractivity contribution is 5.76. The molecule has 122 valence electrons. The van der Waals surface area contributed by atoms with Crippen LogP contribution in [0.2, 0.25) is 0 Å². The van der Waals surface area contributed by atoms with Gasteiger partial charge in [0.1, 0.15) is 0 Å². The van der Waals surface area contributed by atoms with Crippen molar-refractivity contribution in [3.63, 3.8) is 0 Å². The molecule has 1 atom stereocenters. The van der Waals surface area contributed by atoms with E-state index in [9.17, 15) is 4.79 Å². The van der Waals surface area contributed by atoms with Crippen LogP contribution >= 0.6 is 0 Å². The lowest BCUT2D eigenvalue weighted by atomic mass is 9.76. The molecule has 4 heteroatoms. The summed E-state index contributed by atoms with van der Waals surface area (Å²) in [5.74, 6) is 0.284. The number of hydrogen-bond acceptors (Lipinski definition) is 2. The van der Waals surface area contributed by atoms with E-state index in [0.29, 0.717) is 6.42 Å². The van der Waals surface area contributed by atoms with E-state index in [1.165, 1.54) is 5.56 Å². The summed E-state index contributed by atoms with van der Waals surface area (Å²) < 4.78 is 2.03. The number of likely N-dealkylation sites (tertiary alicyclic amines) is 1. The van der Waals surface area contributed by atoms with Gasteiger partial charge in [0.25, 0.3) is 0 Å². The van der Waals surface area contributed by atoms with Crippen LogP contribution in [0.25, 0.3) is 0 Å². The number of imidazole rings is 1. The average Bonchev–Trinajstić information content (AvgIpc) is 3.09. The number of aromatic nitrogens is 2.